The molecular formula is C12H20Br2O5. The predicted octanol–water partition coefficient (Wildman–Crippen LogP) is 2.78. The van der Waals surface area contributed by atoms with Crippen LogP contribution in [0.2, 0.25) is 0 Å². The zero-order valence-corrected chi connectivity index (χ0v) is 14.8. The number of esters is 2. The summed E-state index contributed by atoms with van der Waals surface area (Å²) in [4.78, 5) is 24.2. The van der Waals surface area contributed by atoms with Gasteiger partial charge in [0.1, 0.15) is 0 Å². The molecule has 112 valence electrons. The number of alkyl halides is 2. The Morgan fingerprint density at radius 2 is 1.63 bits per heavy atom. The molecule has 5 nitrogen and oxygen atoms in total. The molecule has 0 aromatic heterocycles. The maximum atomic E-state index is 12.2. The van der Waals surface area contributed by atoms with Crippen molar-refractivity contribution in [2.75, 3.05) is 20.3 Å². The van der Waals surface area contributed by atoms with E-state index in [9.17, 15) is 9.59 Å². The molecule has 0 aliphatic heterocycles. The van der Waals surface area contributed by atoms with Gasteiger partial charge in [-0.3, -0.25) is 0 Å². The van der Waals surface area contributed by atoms with E-state index in [1.165, 1.54) is 7.11 Å². The van der Waals surface area contributed by atoms with Crippen molar-refractivity contribution in [1.29, 1.82) is 0 Å². The molecule has 0 bridgehead atoms. The largest absolute Gasteiger partial charge is 0.467 e. The number of carbonyl (C=O) groups is 2. The summed E-state index contributed by atoms with van der Waals surface area (Å²) >= 11 is 6.55. The van der Waals surface area contributed by atoms with E-state index < -0.39 is 20.8 Å². The van der Waals surface area contributed by atoms with Crippen molar-refractivity contribution in [3.05, 3.63) is 0 Å². The smallest absolute Gasteiger partial charge is 0.338 e. The van der Waals surface area contributed by atoms with Gasteiger partial charge in [0, 0.05) is 6.61 Å². The van der Waals surface area contributed by atoms with Gasteiger partial charge < -0.3 is 14.2 Å². The van der Waals surface area contributed by atoms with Gasteiger partial charge >= 0.3 is 11.9 Å². The molecule has 0 N–H and O–H groups in total. The van der Waals surface area contributed by atoms with E-state index in [2.05, 4.69) is 31.9 Å². The molecule has 0 fully saturated rings. The molecule has 2 unspecified atom stereocenters. The van der Waals surface area contributed by atoms with Gasteiger partial charge in [-0.25, -0.2) is 9.59 Å². The van der Waals surface area contributed by atoms with E-state index in [-0.39, 0.29) is 6.61 Å². The van der Waals surface area contributed by atoms with E-state index >= 15 is 0 Å². The van der Waals surface area contributed by atoms with Crippen LogP contribution in [0.25, 0.3) is 0 Å². The minimum Gasteiger partial charge on any atom is -0.467 e. The third-order valence-electron chi connectivity index (χ3n) is 2.48. The van der Waals surface area contributed by atoms with Crippen molar-refractivity contribution in [2.24, 2.45) is 0 Å². The molecular weight excluding hydrogens is 384 g/mol. The van der Waals surface area contributed by atoms with Gasteiger partial charge in [-0.05, 0) is 20.3 Å². The van der Waals surface area contributed by atoms with E-state index in [4.69, 9.17) is 14.2 Å². The van der Waals surface area contributed by atoms with Crippen LogP contribution in [0.4, 0.5) is 0 Å². The first-order chi connectivity index (χ1) is 8.83. The molecule has 0 spiro atoms. The summed E-state index contributed by atoms with van der Waals surface area (Å²) in [5.74, 6) is -1.50. The second-order valence-electron chi connectivity index (χ2n) is 3.78. The highest BCUT2D eigenvalue weighted by Crippen LogP contribution is 2.45. The Balaban J connectivity index is 5.64. The van der Waals surface area contributed by atoms with Gasteiger partial charge in [0.25, 0.3) is 4.32 Å². The van der Waals surface area contributed by atoms with Crippen molar-refractivity contribution in [2.45, 2.75) is 42.4 Å². The average Bonchev–Trinajstić information content (AvgIpc) is 2.37. The van der Waals surface area contributed by atoms with E-state index in [0.717, 1.165) is 0 Å². The van der Waals surface area contributed by atoms with Gasteiger partial charge in [-0.1, -0.05) is 45.2 Å². The Hall–Kier alpha value is -0.140. The first-order valence-corrected chi connectivity index (χ1v) is 7.70. The maximum Gasteiger partial charge on any atom is 0.338 e. The van der Waals surface area contributed by atoms with Crippen molar-refractivity contribution in [1.82, 2.24) is 0 Å². The zero-order valence-electron chi connectivity index (χ0n) is 11.6. The predicted molar refractivity (Wildman–Crippen MR) is 78.5 cm³/mol. The van der Waals surface area contributed by atoms with Crippen LogP contribution in [-0.4, -0.2) is 41.1 Å². The molecule has 0 rings (SSSR count). The quantitative estimate of drug-likeness (QED) is 0.354. The SMILES string of the molecule is CCCC(Br)(OCC)C(Br)(C(=O)OC)C(=O)OCC. The van der Waals surface area contributed by atoms with Crippen LogP contribution in [0.5, 0.6) is 0 Å². The molecule has 0 saturated heterocycles. The van der Waals surface area contributed by atoms with Gasteiger partial charge in [-0.15, -0.1) is 0 Å². The van der Waals surface area contributed by atoms with Crippen molar-refractivity contribution >= 4 is 43.8 Å². The lowest BCUT2D eigenvalue weighted by atomic mass is 9.97. The lowest BCUT2D eigenvalue weighted by Crippen LogP contribution is -2.59. The van der Waals surface area contributed by atoms with Gasteiger partial charge in [0.05, 0.1) is 13.7 Å². The van der Waals surface area contributed by atoms with Crippen LogP contribution < -0.4 is 0 Å². The fourth-order valence-electron chi connectivity index (χ4n) is 1.65. The number of carbonyl (C=O) groups excluding carboxylic acids is 2. The van der Waals surface area contributed by atoms with Crippen molar-refractivity contribution in [3.8, 4) is 0 Å². The minimum absolute atomic E-state index is 0.157. The maximum absolute atomic E-state index is 12.2. The zero-order chi connectivity index (χ0) is 15.1. The second-order valence-corrected chi connectivity index (χ2v) is 6.25. The van der Waals surface area contributed by atoms with Crippen LogP contribution in [0.3, 0.4) is 0 Å². The third-order valence-corrected chi connectivity index (χ3v) is 5.52. The van der Waals surface area contributed by atoms with E-state index in [1.54, 1.807) is 13.8 Å². The number of hydrogen-bond donors (Lipinski definition) is 0. The highest BCUT2D eigenvalue weighted by atomic mass is 79.9. The first-order valence-electron chi connectivity index (χ1n) is 6.11. The molecule has 19 heavy (non-hydrogen) atoms. The Labute approximate surface area is 130 Å². The van der Waals surface area contributed by atoms with Gasteiger partial charge in [-0.2, -0.15) is 0 Å². The number of halogens is 2. The molecule has 2 atom stereocenters. The topological polar surface area (TPSA) is 61.8 Å². The van der Waals surface area contributed by atoms with Crippen molar-refractivity contribution in [3.63, 3.8) is 0 Å². The summed E-state index contributed by atoms with van der Waals surface area (Å²) in [6, 6.07) is 0. The molecule has 0 radical (unpaired) electrons. The summed E-state index contributed by atoms with van der Waals surface area (Å²) in [5, 5.41) is 0. The van der Waals surface area contributed by atoms with Crippen LogP contribution >= 0.6 is 31.9 Å². The van der Waals surface area contributed by atoms with Crippen molar-refractivity contribution < 1.29 is 23.8 Å². The van der Waals surface area contributed by atoms with E-state index in [1.807, 2.05) is 6.92 Å². The summed E-state index contributed by atoms with van der Waals surface area (Å²) in [5.41, 5.74) is 0. The summed E-state index contributed by atoms with van der Waals surface area (Å²) in [6.45, 7) is 5.85. The monoisotopic (exact) mass is 402 g/mol. The Kier molecular flexibility index (Phi) is 8.15. The Morgan fingerprint density at radius 1 is 1.05 bits per heavy atom. The molecule has 0 amide bonds. The summed E-state index contributed by atoms with van der Waals surface area (Å²) < 4.78 is 12.3. The van der Waals surface area contributed by atoms with Crippen LogP contribution in [0.15, 0.2) is 0 Å². The summed E-state index contributed by atoms with van der Waals surface area (Å²) in [6.07, 6.45) is 1.13. The minimum atomic E-state index is -1.74. The summed E-state index contributed by atoms with van der Waals surface area (Å²) in [7, 11) is 1.21. The fraction of sp³-hybridized carbons (Fsp3) is 0.833. The first kappa shape index (κ1) is 18.9. The lowest BCUT2D eigenvalue weighted by Gasteiger charge is -2.38. The number of hydrogen-bond acceptors (Lipinski definition) is 5. The molecule has 0 saturated carbocycles. The second kappa shape index (κ2) is 8.21. The molecule has 7 heteroatoms. The molecule has 0 aromatic rings. The number of rotatable bonds is 8. The van der Waals surface area contributed by atoms with Crippen LogP contribution in [0, 0.1) is 0 Å². The molecule has 0 aliphatic rings. The number of methoxy groups -OCH3 is 1. The van der Waals surface area contributed by atoms with Crippen LogP contribution in [-0.2, 0) is 23.8 Å². The normalized spacial score (nSPS) is 17.2. The standard InChI is InChI=1S/C12H20Br2O5/c1-5-8-11(13,19-7-3)12(14,9(15)17-4)10(16)18-6-2/h5-8H2,1-4H3. The highest BCUT2D eigenvalue weighted by Gasteiger charge is 2.62. The molecule has 0 heterocycles. The van der Waals surface area contributed by atoms with Crippen LogP contribution in [0.1, 0.15) is 33.6 Å². The Bertz CT molecular complexity index is 315. The average molecular weight is 404 g/mol. The Morgan fingerprint density at radius 3 is 2.00 bits per heavy atom. The fourth-order valence-corrected chi connectivity index (χ4v) is 3.19. The number of ether oxygens (including phenoxy) is 3. The van der Waals surface area contributed by atoms with Gasteiger partial charge in [0.15, 0.2) is 4.51 Å². The third kappa shape index (κ3) is 3.92. The van der Waals surface area contributed by atoms with E-state index in [0.29, 0.717) is 19.4 Å². The highest BCUT2D eigenvalue weighted by molar-refractivity contribution is 9.13. The van der Waals surface area contributed by atoms with Gasteiger partial charge in [0.2, 0.25) is 0 Å². The lowest BCUT2D eigenvalue weighted by molar-refractivity contribution is -0.165. The molecule has 0 aliphatic carbocycles. The molecule has 0 aromatic carbocycles.